The van der Waals surface area contributed by atoms with Crippen LogP contribution in [0, 0.1) is 0 Å². The second-order valence-electron chi connectivity index (χ2n) is 3.56. The van der Waals surface area contributed by atoms with E-state index >= 15 is 0 Å². The molecule has 0 spiro atoms. The summed E-state index contributed by atoms with van der Waals surface area (Å²) in [6, 6.07) is 9.29. The van der Waals surface area contributed by atoms with Gasteiger partial charge in [0.2, 0.25) is 0 Å². The van der Waals surface area contributed by atoms with Gasteiger partial charge < -0.3 is 5.32 Å². The highest BCUT2D eigenvalue weighted by atomic mass is 79.9. The molecule has 3 heteroatoms. The standard InChI is InChI=1S/C11H14BrNS/c12-10-3-1-9(2-4-10)7-11-8-14-6-5-13-11/h1-4,11,13H,5-8H2. The molecule has 1 aromatic carbocycles. The van der Waals surface area contributed by atoms with Crippen LogP contribution in [-0.2, 0) is 6.42 Å². The molecular weight excluding hydrogens is 258 g/mol. The Morgan fingerprint density at radius 3 is 2.79 bits per heavy atom. The molecule has 1 heterocycles. The maximum Gasteiger partial charge on any atom is 0.0198 e. The van der Waals surface area contributed by atoms with E-state index in [2.05, 4.69) is 57.3 Å². The quantitative estimate of drug-likeness (QED) is 0.888. The fraction of sp³-hybridized carbons (Fsp3) is 0.455. The van der Waals surface area contributed by atoms with Gasteiger partial charge in [-0.3, -0.25) is 0 Å². The lowest BCUT2D eigenvalue weighted by Crippen LogP contribution is -2.38. The average Bonchev–Trinajstić information content (AvgIpc) is 2.23. The Bertz CT molecular complexity index is 280. The van der Waals surface area contributed by atoms with E-state index in [1.165, 1.54) is 17.1 Å². The second kappa shape index (κ2) is 5.19. The van der Waals surface area contributed by atoms with Gasteiger partial charge in [-0.25, -0.2) is 0 Å². The smallest absolute Gasteiger partial charge is 0.0198 e. The van der Waals surface area contributed by atoms with Gasteiger partial charge in [0.05, 0.1) is 0 Å². The summed E-state index contributed by atoms with van der Waals surface area (Å²) in [5.41, 5.74) is 1.42. The Morgan fingerprint density at radius 1 is 1.36 bits per heavy atom. The fourth-order valence-corrected chi connectivity index (χ4v) is 2.87. The van der Waals surface area contributed by atoms with Crippen LogP contribution in [0.3, 0.4) is 0 Å². The summed E-state index contributed by atoms with van der Waals surface area (Å²) in [4.78, 5) is 0. The SMILES string of the molecule is Brc1ccc(CC2CSCCN2)cc1. The molecule has 0 aromatic heterocycles. The number of rotatable bonds is 2. The third-order valence-corrected chi connectivity index (χ3v) is 4.05. The molecule has 1 aromatic rings. The molecule has 0 amide bonds. The topological polar surface area (TPSA) is 12.0 Å². The first kappa shape index (κ1) is 10.5. The van der Waals surface area contributed by atoms with Gasteiger partial charge in [-0.15, -0.1) is 0 Å². The van der Waals surface area contributed by atoms with Gasteiger partial charge in [0.25, 0.3) is 0 Å². The first-order valence-corrected chi connectivity index (χ1v) is 6.85. The first-order valence-electron chi connectivity index (χ1n) is 4.90. The molecular formula is C11H14BrNS. The Labute approximate surface area is 97.8 Å². The summed E-state index contributed by atoms with van der Waals surface area (Å²) in [7, 11) is 0. The van der Waals surface area contributed by atoms with Gasteiger partial charge in [-0.05, 0) is 24.1 Å². The van der Waals surface area contributed by atoms with Gasteiger partial charge in [0.15, 0.2) is 0 Å². The number of nitrogens with one attached hydrogen (secondary N) is 1. The molecule has 0 radical (unpaired) electrons. The van der Waals surface area contributed by atoms with E-state index in [4.69, 9.17) is 0 Å². The van der Waals surface area contributed by atoms with E-state index in [9.17, 15) is 0 Å². The minimum Gasteiger partial charge on any atom is -0.312 e. The summed E-state index contributed by atoms with van der Waals surface area (Å²) in [5, 5.41) is 3.55. The van der Waals surface area contributed by atoms with Crippen LogP contribution in [-0.4, -0.2) is 24.1 Å². The van der Waals surface area contributed by atoms with Crippen molar-refractivity contribution in [1.82, 2.24) is 5.32 Å². The highest BCUT2D eigenvalue weighted by molar-refractivity contribution is 9.10. The fourth-order valence-electron chi connectivity index (χ4n) is 1.66. The Morgan fingerprint density at radius 2 is 2.14 bits per heavy atom. The lowest BCUT2D eigenvalue weighted by Gasteiger charge is -2.23. The predicted octanol–water partition coefficient (Wildman–Crippen LogP) is 2.70. The van der Waals surface area contributed by atoms with Gasteiger partial charge in [-0.1, -0.05) is 28.1 Å². The van der Waals surface area contributed by atoms with Crippen molar-refractivity contribution in [1.29, 1.82) is 0 Å². The molecule has 14 heavy (non-hydrogen) atoms. The van der Waals surface area contributed by atoms with E-state index in [1.807, 2.05) is 0 Å². The minimum absolute atomic E-state index is 0.662. The molecule has 1 aliphatic rings. The third kappa shape index (κ3) is 3.01. The van der Waals surface area contributed by atoms with Crippen molar-refractivity contribution in [2.75, 3.05) is 18.1 Å². The maximum atomic E-state index is 3.55. The molecule has 76 valence electrons. The largest absolute Gasteiger partial charge is 0.312 e. The van der Waals surface area contributed by atoms with Gasteiger partial charge in [0.1, 0.15) is 0 Å². The number of halogens is 1. The van der Waals surface area contributed by atoms with E-state index in [1.54, 1.807) is 0 Å². The van der Waals surface area contributed by atoms with Crippen LogP contribution in [0.1, 0.15) is 5.56 Å². The van der Waals surface area contributed by atoms with Gasteiger partial charge in [-0.2, -0.15) is 11.8 Å². The summed E-state index contributed by atoms with van der Waals surface area (Å²) < 4.78 is 1.16. The van der Waals surface area contributed by atoms with E-state index in [0.717, 1.165) is 17.4 Å². The minimum atomic E-state index is 0.662. The average molecular weight is 272 g/mol. The van der Waals surface area contributed by atoms with Crippen molar-refractivity contribution < 1.29 is 0 Å². The highest BCUT2D eigenvalue weighted by Crippen LogP contribution is 2.15. The van der Waals surface area contributed by atoms with Crippen molar-refractivity contribution in [2.45, 2.75) is 12.5 Å². The molecule has 1 fully saturated rings. The molecule has 0 saturated carbocycles. The van der Waals surface area contributed by atoms with E-state index in [-0.39, 0.29) is 0 Å². The molecule has 1 N–H and O–H groups in total. The van der Waals surface area contributed by atoms with Crippen LogP contribution < -0.4 is 5.32 Å². The van der Waals surface area contributed by atoms with Crippen molar-refractivity contribution in [3.8, 4) is 0 Å². The molecule has 1 atom stereocenters. The van der Waals surface area contributed by atoms with Crippen LogP contribution in [0.2, 0.25) is 0 Å². The highest BCUT2D eigenvalue weighted by Gasteiger charge is 2.12. The molecule has 1 saturated heterocycles. The van der Waals surface area contributed by atoms with Gasteiger partial charge >= 0.3 is 0 Å². The first-order chi connectivity index (χ1) is 6.84. The second-order valence-corrected chi connectivity index (χ2v) is 5.62. The van der Waals surface area contributed by atoms with E-state index in [0.29, 0.717) is 6.04 Å². The Balaban J connectivity index is 1.92. The molecule has 1 nitrogen and oxygen atoms in total. The van der Waals surface area contributed by atoms with Crippen LogP contribution in [0.25, 0.3) is 0 Å². The summed E-state index contributed by atoms with van der Waals surface area (Å²) in [6.07, 6.45) is 1.15. The number of hydrogen-bond donors (Lipinski definition) is 1. The molecule has 0 aliphatic carbocycles. The van der Waals surface area contributed by atoms with E-state index < -0.39 is 0 Å². The Kier molecular flexibility index (Phi) is 3.90. The normalized spacial score (nSPS) is 22.2. The number of benzene rings is 1. The zero-order chi connectivity index (χ0) is 9.80. The van der Waals surface area contributed by atoms with Crippen LogP contribution >= 0.6 is 27.7 Å². The van der Waals surface area contributed by atoms with Crippen LogP contribution in [0.5, 0.6) is 0 Å². The van der Waals surface area contributed by atoms with Crippen molar-refractivity contribution in [3.05, 3.63) is 34.3 Å². The van der Waals surface area contributed by atoms with Crippen molar-refractivity contribution in [3.63, 3.8) is 0 Å². The number of hydrogen-bond acceptors (Lipinski definition) is 2. The predicted molar refractivity (Wildman–Crippen MR) is 67.0 cm³/mol. The maximum absolute atomic E-state index is 3.55. The summed E-state index contributed by atoms with van der Waals surface area (Å²) in [5.74, 6) is 2.51. The lowest BCUT2D eigenvalue weighted by molar-refractivity contribution is 0.563. The molecule has 1 aliphatic heterocycles. The Hall–Kier alpha value is 0.01000. The lowest BCUT2D eigenvalue weighted by atomic mass is 10.1. The summed E-state index contributed by atoms with van der Waals surface area (Å²) in [6.45, 7) is 1.16. The zero-order valence-electron chi connectivity index (χ0n) is 8.00. The monoisotopic (exact) mass is 271 g/mol. The van der Waals surface area contributed by atoms with Crippen LogP contribution in [0.4, 0.5) is 0 Å². The van der Waals surface area contributed by atoms with Gasteiger partial charge in [0, 0.05) is 28.6 Å². The number of thioether (sulfide) groups is 1. The summed E-state index contributed by atoms with van der Waals surface area (Å²) >= 11 is 5.50. The molecule has 1 unspecified atom stereocenters. The van der Waals surface area contributed by atoms with Crippen molar-refractivity contribution >= 4 is 27.7 Å². The van der Waals surface area contributed by atoms with Crippen LogP contribution in [0.15, 0.2) is 28.7 Å². The third-order valence-electron chi connectivity index (χ3n) is 2.39. The molecule has 2 rings (SSSR count). The van der Waals surface area contributed by atoms with Crippen molar-refractivity contribution in [2.24, 2.45) is 0 Å². The zero-order valence-corrected chi connectivity index (χ0v) is 10.4. The molecule has 0 bridgehead atoms.